The predicted octanol–water partition coefficient (Wildman–Crippen LogP) is 2.94. The molecule has 1 aliphatic rings. The first-order valence-corrected chi connectivity index (χ1v) is 6.33. The van der Waals surface area contributed by atoms with Gasteiger partial charge >= 0.3 is 0 Å². The van der Waals surface area contributed by atoms with Crippen molar-refractivity contribution in [1.82, 2.24) is 5.32 Å². The summed E-state index contributed by atoms with van der Waals surface area (Å²) < 4.78 is 5.59. The lowest BCUT2D eigenvalue weighted by Crippen LogP contribution is -2.26. The van der Waals surface area contributed by atoms with E-state index in [-0.39, 0.29) is 0 Å². The van der Waals surface area contributed by atoms with Crippen molar-refractivity contribution in [2.24, 2.45) is 0 Å². The number of piperidine rings is 1. The highest BCUT2D eigenvalue weighted by atomic mass is 16.5. The molecule has 1 N–H and O–H groups in total. The zero-order valence-corrected chi connectivity index (χ0v) is 10.0. The lowest BCUT2D eigenvalue weighted by molar-refractivity contribution is 0.317. The van der Waals surface area contributed by atoms with Crippen LogP contribution < -0.4 is 10.1 Å². The summed E-state index contributed by atoms with van der Waals surface area (Å²) in [4.78, 5) is 0. The maximum Gasteiger partial charge on any atom is 0.119 e. The average Bonchev–Trinajstić information content (AvgIpc) is 2.38. The van der Waals surface area contributed by atoms with Crippen LogP contribution in [0.3, 0.4) is 0 Å². The molecule has 0 radical (unpaired) electrons. The highest BCUT2D eigenvalue weighted by Gasteiger charge is 2.14. The van der Waals surface area contributed by atoms with Gasteiger partial charge in [0.05, 0.1) is 6.61 Å². The molecule has 1 heterocycles. The van der Waals surface area contributed by atoms with E-state index < -0.39 is 0 Å². The Bertz CT molecular complexity index is 301. The maximum atomic E-state index is 5.59. The van der Waals surface area contributed by atoms with Crippen LogP contribution >= 0.6 is 0 Å². The first-order chi connectivity index (χ1) is 7.90. The Morgan fingerprint density at radius 3 is 2.50 bits per heavy atom. The molecule has 0 aromatic heterocycles. The molecular formula is C14H21NO. The Morgan fingerprint density at radius 1 is 1.19 bits per heavy atom. The second-order valence-corrected chi connectivity index (χ2v) is 4.44. The molecule has 0 unspecified atom stereocenters. The van der Waals surface area contributed by atoms with Crippen LogP contribution in [0, 0.1) is 0 Å². The molecule has 0 bridgehead atoms. The molecule has 1 fully saturated rings. The summed E-state index contributed by atoms with van der Waals surface area (Å²) >= 11 is 0. The summed E-state index contributed by atoms with van der Waals surface area (Å²) in [5.41, 5.74) is 1.46. The topological polar surface area (TPSA) is 21.3 Å². The Morgan fingerprint density at radius 2 is 1.88 bits per heavy atom. The number of hydrogen-bond donors (Lipinski definition) is 1. The van der Waals surface area contributed by atoms with Gasteiger partial charge in [-0.1, -0.05) is 19.1 Å². The van der Waals surface area contributed by atoms with Gasteiger partial charge in [0.2, 0.25) is 0 Å². The fraction of sp³-hybridized carbons (Fsp3) is 0.571. The van der Waals surface area contributed by atoms with E-state index in [1.54, 1.807) is 0 Å². The largest absolute Gasteiger partial charge is 0.494 e. The van der Waals surface area contributed by atoms with Crippen molar-refractivity contribution >= 4 is 0 Å². The molecule has 2 nitrogen and oxygen atoms in total. The fourth-order valence-corrected chi connectivity index (χ4v) is 2.21. The Balaban J connectivity index is 1.95. The number of hydrogen-bond acceptors (Lipinski definition) is 2. The second kappa shape index (κ2) is 5.90. The molecule has 88 valence electrons. The van der Waals surface area contributed by atoms with E-state index >= 15 is 0 Å². The van der Waals surface area contributed by atoms with Gasteiger partial charge in [0, 0.05) is 0 Å². The Hall–Kier alpha value is -1.02. The first kappa shape index (κ1) is 11.5. The SMILES string of the molecule is CCCOc1ccc(C2CCNCC2)cc1. The third-order valence-electron chi connectivity index (χ3n) is 3.16. The van der Waals surface area contributed by atoms with Gasteiger partial charge in [0.25, 0.3) is 0 Å². The predicted molar refractivity (Wildman–Crippen MR) is 67.1 cm³/mol. The number of ether oxygens (including phenoxy) is 1. The van der Waals surface area contributed by atoms with Gasteiger partial charge in [0.1, 0.15) is 5.75 Å². The van der Waals surface area contributed by atoms with E-state index in [4.69, 9.17) is 4.74 Å². The maximum absolute atomic E-state index is 5.59. The molecule has 1 saturated heterocycles. The van der Waals surface area contributed by atoms with Crippen molar-refractivity contribution in [2.75, 3.05) is 19.7 Å². The van der Waals surface area contributed by atoms with Gasteiger partial charge < -0.3 is 10.1 Å². The Kier molecular flexibility index (Phi) is 4.23. The van der Waals surface area contributed by atoms with Gasteiger partial charge in [-0.3, -0.25) is 0 Å². The van der Waals surface area contributed by atoms with Crippen LogP contribution in [0.5, 0.6) is 5.75 Å². The van der Waals surface area contributed by atoms with Crippen LogP contribution in [0.15, 0.2) is 24.3 Å². The molecule has 0 spiro atoms. The van der Waals surface area contributed by atoms with Crippen LogP contribution in [0.1, 0.15) is 37.7 Å². The monoisotopic (exact) mass is 219 g/mol. The van der Waals surface area contributed by atoms with Gasteiger partial charge in [-0.2, -0.15) is 0 Å². The smallest absolute Gasteiger partial charge is 0.119 e. The van der Waals surface area contributed by atoms with Crippen molar-refractivity contribution < 1.29 is 4.74 Å². The van der Waals surface area contributed by atoms with Crippen LogP contribution in [0.25, 0.3) is 0 Å². The molecule has 0 saturated carbocycles. The third-order valence-corrected chi connectivity index (χ3v) is 3.16. The zero-order chi connectivity index (χ0) is 11.2. The molecule has 2 heteroatoms. The molecule has 2 rings (SSSR count). The normalized spacial score (nSPS) is 17.3. The summed E-state index contributed by atoms with van der Waals surface area (Å²) in [6.45, 7) is 5.24. The molecule has 1 aliphatic heterocycles. The summed E-state index contributed by atoms with van der Waals surface area (Å²) in [5, 5.41) is 3.40. The lowest BCUT2D eigenvalue weighted by Gasteiger charge is -2.23. The summed E-state index contributed by atoms with van der Waals surface area (Å²) in [6, 6.07) is 8.65. The van der Waals surface area contributed by atoms with E-state index in [9.17, 15) is 0 Å². The standard InChI is InChI=1S/C14H21NO/c1-2-11-16-14-5-3-12(4-6-14)13-7-9-15-10-8-13/h3-6,13,15H,2,7-11H2,1H3. The Labute approximate surface area is 98.0 Å². The van der Waals surface area contributed by atoms with Crippen LogP contribution in [-0.2, 0) is 0 Å². The summed E-state index contributed by atoms with van der Waals surface area (Å²) in [5.74, 6) is 1.74. The molecule has 1 aromatic rings. The minimum atomic E-state index is 0.737. The second-order valence-electron chi connectivity index (χ2n) is 4.44. The van der Waals surface area contributed by atoms with E-state index in [0.29, 0.717) is 0 Å². The number of benzene rings is 1. The minimum absolute atomic E-state index is 0.737. The molecule has 0 atom stereocenters. The van der Waals surface area contributed by atoms with Crippen molar-refractivity contribution in [3.63, 3.8) is 0 Å². The first-order valence-electron chi connectivity index (χ1n) is 6.33. The molecule has 0 aliphatic carbocycles. The van der Waals surface area contributed by atoms with Crippen LogP contribution in [-0.4, -0.2) is 19.7 Å². The van der Waals surface area contributed by atoms with E-state index in [1.807, 2.05) is 0 Å². The van der Waals surface area contributed by atoms with Crippen LogP contribution in [0.4, 0.5) is 0 Å². The van der Waals surface area contributed by atoms with Crippen molar-refractivity contribution in [1.29, 1.82) is 0 Å². The fourth-order valence-electron chi connectivity index (χ4n) is 2.21. The van der Waals surface area contributed by atoms with Crippen molar-refractivity contribution in [2.45, 2.75) is 32.1 Å². The summed E-state index contributed by atoms with van der Waals surface area (Å²) in [7, 11) is 0. The minimum Gasteiger partial charge on any atom is -0.494 e. The van der Waals surface area contributed by atoms with Crippen LogP contribution in [0.2, 0.25) is 0 Å². The lowest BCUT2D eigenvalue weighted by atomic mass is 9.90. The van der Waals surface area contributed by atoms with E-state index in [2.05, 4.69) is 36.5 Å². The third kappa shape index (κ3) is 2.99. The van der Waals surface area contributed by atoms with Gasteiger partial charge in [-0.05, 0) is 56.0 Å². The van der Waals surface area contributed by atoms with Gasteiger partial charge in [0.15, 0.2) is 0 Å². The average molecular weight is 219 g/mol. The van der Waals surface area contributed by atoms with Crippen molar-refractivity contribution in [3.05, 3.63) is 29.8 Å². The molecule has 16 heavy (non-hydrogen) atoms. The zero-order valence-electron chi connectivity index (χ0n) is 10.0. The molecule has 0 amide bonds. The summed E-state index contributed by atoms with van der Waals surface area (Å²) in [6.07, 6.45) is 3.58. The number of nitrogens with one attached hydrogen (secondary N) is 1. The number of rotatable bonds is 4. The van der Waals surface area contributed by atoms with Crippen molar-refractivity contribution in [3.8, 4) is 5.75 Å². The van der Waals surface area contributed by atoms with E-state index in [1.165, 1.54) is 18.4 Å². The highest BCUT2D eigenvalue weighted by Crippen LogP contribution is 2.26. The molecule has 1 aromatic carbocycles. The van der Waals surface area contributed by atoms with Gasteiger partial charge in [-0.15, -0.1) is 0 Å². The quantitative estimate of drug-likeness (QED) is 0.840. The van der Waals surface area contributed by atoms with E-state index in [0.717, 1.165) is 37.8 Å². The highest BCUT2D eigenvalue weighted by molar-refractivity contribution is 5.29. The molecular weight excluding hydrogens is 198 g/mol. The van der Waals surface area contributed by atoms with Gasteiger partial charge in [-0.25, -0.2) is 0 Å².